The zero-order valence-corrected chi connectivity index (χ0v) is 4.97. The molecule has 0 spiro atoms. The monoisotopic (exact) mass is 144 g/mol. The Morgan fingerprint density at radius 3 is 2.67 bits per heavy atom. The van der Waals surface area contributed by atoms with Crippen LogP contribution in [0.3, 0.4) is 0 Å². The predicted molar refractivity (Wildman–Crippen MR) is 29.6 cm³/mol. The predicted octanol–water partition coefficient (Wildman–Crippen LogP) is 0.347. The molecule has 9 heavy (non-hydrogen) atoms. The first-order valence-corrected chi connectivity index (χ1v) is 2.79. The Kier molecular flexibility index (Phi) is 1.35. The summed E-state index contributed by atoms with van der Waals surface area (Å²) in [4.78, 5) is 10.1. The van der Waals surface area contributed by atoms with Gasteiger partial charge in [-0.25, -0.2) is 4.79 Å². The van der Waals surface area contributed by atoms with Gasteiger partial charge in [0.2, 0.25) is 5.88 Å². The lowest BCUT2D eigenvalue weighted by atomic mass is 10.4. The van der Waals surface area contributed by atoms with Crippen molar-refractivity contribution in [2.75, 3.05) is 0 Å². The van der Waals surface area contributed by atoms with Crippen LogP contribution in [0.25, 0.3) is 0 Å². The smallest absolute Gasteiger partial charge is 0.342 e. The Hall–Kier alpha value is -1.10. The first-order chi connectivity index (χ1) is 4.22. The summed E-state index contributed by atoms with van der Waals surface area (Å²) in [5.41, 5.74) is -0.264. The summed E-state index contributed by atoms with van der Waals surface area (Å²) in [6, 6.07) is 0. The molecule has 47 valence electrons. The zero-order chi connectivity index (χ0) is 6.85. The minimum Gasteiger partial charge on any atom is -0.492 e. The topological polar surface area (TPSA) is 70.4 Å². The minimum atomic E-state index is -1.21. The normalized spacial score (nSPS) is 9.33. The van der Waals surface area contributed by atoms with Gasteiger partial charge >= 0.3 is 5.97 Å². The van der Waals surface area contributed by atoms with Crippen molar-refractivity contribution in [1.29, 1.82) is 0 Å². The van der Waals surface area contributed by atoms with E-state index in [1.54, 1.807) is 0 Å². The molecule has 5 heteroatoms. The molecule has 0 fully saturated rings. The molecular weight excluding hydrogens is 142 g/mol. The number of aromatic hydroxyl groups is 1. The summed E-state index contributed by atoms with van der Waals surface area (Å²) in [5.74, 6) is -1.67. The van der Waals surface area contributed by atoms with Crippen molar-refractivity contribution in [2.45, 2.75) is 0 Å². The third-order valence-electron chi connectivity index (χ3n) is 0.717. The highest BCUT2D eigenvalue weighted by Crippen LogP contribution is 2.14. The standard InChI is InChI=1S/C4H2NO3S/c6-3-2(4(7)8)1-9-5-3/h(H,5,6)(H,7,8). The van der Waals surface area contributed by atoms with Crippen LogP contribution in [0.4, 0.5) is 0 Å². The number of nitrogens with zero attached hydrogens (tertiary/aromatic N) is 1. The molecule has 1 aromatic rings. The quantitative estimate of drug-likeness (QED) is 0.596. The van der Waals surface area contributed by atoms with E-state index in [0.717, 1.165) is 11.5 Å². The van der Waals surface area contributed by atoms with E-state index in [1.165, 1.54) is 0 Å². The Balaban J connectivity index is 3.08. The largest absolute Gasteiger partial charge is 0.492 e. The van der Waals surface area contributed by atoms with Crippen LogP contribution in [0.15, 0.2) is 0 Å². The molecule has 0 aliphatic carbocycles. The van der Waals surface area contributed by atoms with Crippen LogP contribution in [0, 0.1) is 5.38 Å². The average Bonchev–Trinajstić information content (AvgIpc) is 2.13. The van der Waals surface area contributed by atoms with Crippen LogP contribution in [-0.4, -0.2) is 20.6 Å². The van der Waals surface area contributed by atoms with Crippen molar-refractivity contribution in [2.24, 2.45) is 0 Å². The summed E-state index contributed by atoms with van der Waals surface area (Å²) >= 11 is 0.789. The lowest BCUT2D eigenvalue weighted by Crippen LogP contribution is -1.93. The lowest BCUT2D eigenvalue weighted by molar-refractivity contribution is 0.0693. The average molecular weight is 144 g/mol. The SMILES string of the molecule is O=C(O)c1[c]snc1O. The van der Waals surface area contributed by atoms with Crippen LogP contribution in [0.1, 0.15) is 10.4 Å². The van der Waals surface area contributed by atoms with Gasteiger partial charge in [0.15, 0.2) is 0 Å². The summed E-state index contributed by atoms with van der Waals surface area (Å²) in [6.07, 6.45) is 0. The highest BCUT2D eigenvalue weighted by molar-refractivity contribution is 7.03. The van der Waals surface area contributed by atoms with Gasteiger partial charge in [-0.1, -0.05) is 0 Å². The second-order valence-electron chi connectivity index (χ2n) is 1.29. The molecule has 0 unspecified atom stereocenters. The molecule has 0 aliphatic heterocycles. The number of rotatable bonds is 1. The summed E-state index contributed by atoms with van der Waals surface area (Å²) in [7, 11) is 0. The van der Waals surface area contributed by atoms with E-state index in [1.807, 2.05) is 0 Å². The fourth-order valence-electron chi connectivity index (χ4n) is 0.342. The molecule has 0 amide bonds. The summed E-state index contributed by atoms with van der Waals surface area (Å²) in [5, 5.41) is 19.1. The highest BCUT2D eigenvalue weighted by Gasteiger charge is 2.11. The second-order valence-corrected chi connectivity index (χ2v) is 1.86. The number of carboxylic acids is 1. The van der Waals surface area contributed by atoms with E-state index >= 15 is 0 Å². The highest BCUT2D eigenvalue weighted by atomic mass is 32.1. The van der Waals surface area contributed by atoms with Crippen molar-refractivity contribution in [1.82, 2.24) is 4.37 Å². The molecule has 1 rings (SSSR count). The van der Waals surface area contributed by atoms with Gasteiger partial charge in [-0.05, 0) is 11.5 Å². The number of aromatic nitrogens is 1. The molecular formula is C4H2NO3S. The maximum atomic E-state index is 10.1. The van der Waals surface area contributed by atoms with Gasteiger partial charge in [-0.15, -0.1) is 0 Å². The summed E-state index contributed by atoms with van der Waals surface area (Å²) < 4.78 is 3.30. The zero-order valence-electron chi connectivity index (χ0n) is 4.16. The fourth-order valence-corrected chi connectivity index (χ4v) is 0.836. The molecule has 0 atom stereocenters. The van der Waals surface area contributed by atoms with Crippen LogP contribution >= 0.6 is 11.5 Å². The third kappa shape index (κ3) is 0.996. The second kappa shape index (κ2) is 2.02. The number of carboxylic acid groups (broad SMARTS) is 1. The number of hydrogen-bond donors (Lipinski definition) is 2. The van der Waals surface area contributed by atoms with E-state index in [2.05, 4.69) is 9.75 Å². The van der Waals surface area contributed by atoms with Gasteiger partial charge in [0.05, 0.1) is 5.38 Å². The van der Waals surface area contributed by atoms with Gasteiger partial charge in [0.1, 0.15) is 5.56 Å². The Morgan fingerprint density at radius 1 is 1.78 bits per heavy atom. The van der Waals surface area contributed by atoms with Crippen molar-refractivity contribution in [3.8, 4) is 5.88 Å². The third-order valence-corrected chi connectivity index (χ3v) is 1.28. The van der Waals surface area contributed by atoms with Crippen LogP contribution in [0.2, 0.25) is 0 Å². The molecule has 0 aromatic carbocycles. The number of carbonyl (C=O) groups is 1. The first kappa shape index (κ1) is 6.03. The van der Waals surface area contributed by atoms with Crippen molar-refractivity contribution < 1.29 is 15.0 Å². The molecule has 0 saturated carbocycles. The number of hydrogen-bond acceptors (Lipinski definition) is 4. The minimum absolute atomic E-state index is 0.264. The van der Waals surface area contributed by atoms with Crippen LogP contribution in [-0.2, 0) is 0 Å². The van der Waals surface area contributed by atoms with E-state index in [4.69, 9.17) is 10.2 Å². The van der Waals surface area contributed by atoms with E-state index in [0.29, 0.717) is 0 Å². The van der Waals surface area contributed by atoms with Crippen molar-refractivity contribution in [3.05, 3.63) is 10.9 Å². The molecule has 0 saturated heterocycles. The maximum absolute atomic E-state index is 10.1. The van der Waals surface area contributed by atoms with E-state index in [-0.39, 0.29) is 5.56 Å². The lowest BCUT2D eigenvalue weighted by Gasteiger charge is -1.83. The van der Waals surface area contributed by atoms with Gasteiger partial charge in [0.25, 0.3) is 0 Å². The Labute approximate surface area is 54.5 Å². The van der Waals surface area contributed by atoms with Gasteiger partial charge in [-0.2, -0.15) is 4.37 Å². The van der Waals surface area contributed by atoms with Gasteiger partial charge in [0, 0.05) is 0 Å². The van der Waals surface area contributed by atoms with Crippen molar-refractivity contribution in [3.63, 3.8) is 0 Å². The maximum Gasteiger partial charge on any atom is 0.342 e. The van der Waals surface area contributed by atoms with Crippen molar-refractivity contribution >= 4 is 17.5 Å². The molecule has 4 nitrogen and oxygen atoms in total. The molecule has 0 bridgehead atoms. The van der Waals surface area contributed by atoms with E-state index < -0.39 is 11.8 Å². The molecule has 1 aromatic heterocycles. The molecule has 2 N–H and O–H groups in total. The fraction of sp³-hybridized carbons (Fsp3) is 0. The van der Waals surface area contributed by atoms with Gasteiger partial charge < -0.3 is 10.2 Å². The number of aromatic carboxylic acids is 1. The van der Waals surface area contributed by atoms with E-state index in [9.17, 15) is 4.79 Å². The van der Waals surface area contributed by atoms with Crippen LogP contribution in [0.5, 0.6) is 5.88 Å². The summed E-state index contributed by atoms with van der Waals surface area (Å²) in [6.45, 7) is 0. The molecule has 0 aliphatic rings. The van der Waals surface area contributed by atoms with Crippen LogP contribution < -0.4 is 0 Å². The Bertz CT molecular complexity index is 231. The molecule has 1 radical (unpaired) electrons. The van der Waals surface area contributed by atoms with Gasteiger partial charge in [-0.3, -0.25) is 0 Å². The first-order valence-electron chi connectivity index (χ1n) is 2.01. The Morgan fingerprint density at radius 2 is 2.44 bits per heavy atom. The molecule has 1 heterocycles.